The van der Waals surface area contributed by atoms with Gasteiger partial charge in [-0.1, -0.05) is 32.3 Å². The summed E-state index contributed by atoms with van der Waals surface area (Å²) in [7, 11) is 0. The van der Waals surface area contributed by atoms with Crippen LogP contribution in [-0.2, 0) is 4.79 Å². The van der Waals surface area contributed by atoms with E-state index in [9.17, 15) is 9.90 Å². The SMILES string of the molecule is C=C(C)C#CC1(O)CC[C@@]2(C)C(CC[C@H]3[C@@H]4CC[C@H](C(C)=O)[C@@]4(C)CC[C@@H]32)C1. The molecular formula is C26H38O2. The topological polar surface area (TPSA) is 37.3 Å². The van der Waals surface area contributed by atoms with Crippen molar-refractivity contribution in [3.8, 4) is 11.8 Å². The van der Waals surface area contributed by atoms with Crippen molar-refractivity contribution in [3.63, 3.8) is 0 Å². The van der Waals surface area contributed by atoms with Gasteiger partial charge in [-0.3, -0.25) is 4.79 Å². The van der Waals surface area contributed by atoms with Crippen molar-refractivity contribution in [3.05, 3.63) is 12.2 Å². The van der Waals surface area contributed by atoms with Gasteiger partial charge < -0.3 is 5.11 Å². The number of Topliss-reactive ketones (excluding diaryl/α,β-unsaturated/α-hetero) is 1. The third kappa shape index (κ3) is 3.00. The van der Waals surface area contributed by atoms with Crippen molar-refractivity contribution in [2.24, 2.45) is 40.4 Å². The second-order valence-electron chi connectivity index (χ2n) is 11.2. The van der Waals surface area contributed by atoms with Gasteiger partial charge in [-0.2, -0.15) is 0 Å². The van der Waals surface area contributed by atoms with Crippen LogP contribution in [0.15, 0.2) is 12.2 Å². The summed E-state index contributed by atoms with van der Waals surface area (Å²) < 4.78 is 0. The molecule has 0 aromatic heterocycles. The van der Waals surface area contributed by atoms with Crippen LogP contribution in [0.1, 0.15) is 85.5 Å². The Kier molecular flexibility index (Phi) is 4.86. The van der Waals surface area contributed by atoms with E-state index in [0.29, 0.717) is 17.1 Å². The van der Waals surface area contributed by atoms with Crippen LogP contribution >= 0.6 is 0 Å². The van der Waals surface area contributed by atoms with Crippen LogP contribution in [0.25, 0.3) is 0 Å². The Labute approximate surface area is 171 Å². The summed E-state index contributed by atoms with van der Waals surface area (Å²) in [5.74, 6) is 9.73. The van der Waals surface area contributed by atoms with Crippen molar-refractivity contribution in [1.82, 2.24) is 0 Å². The van der Waals surface area contributed by atoms with Crippen molar-refractivity contribution >= 4 is 5.78 Å². The van der Waals surface area contributed by atoms with Crippen LogP contribution in [0, 0.1) is 52.3 Å². The molecule has 4 rings (SSSR count). The molecule has 0 aromatic rings. The van der Waals surface area contributed by atoms with E-state index in [1.54, 1.807) is 0 Å². The van der Waals surface area contributed by atoms with Gasteiger partial charge in [-0.25, -0.2) is 0 Å². The number of allylic oxidation sites excluding steroid dienone is 1. The van der Waals surface area contributed by atoms with Gasteiger partial charge in [0.05, 0.1) is 0 Å². The van der Waals surface area contributed by atoms with Crippen LogP contribution in [0.2, 0.25) is 0 Å². The Morgan fingerprint density at radius 2 is 1.68 bits per heavy atom. The second kappa shape index (κ2) is 6.73. The minimum atomic E-state index is -0.827. The Morgan fingerprint density at radius 1 is 0.964 bits per heavy atom. The molecule has 0 radical (unpaired) electrons. The number of hydrogen-bond donors (Lipinski definition) is 1. The lowest BCUT2D eigenvalue weighted by molar-refractivity contribution is -0.144. The molecule has 28 heavy (non-hydrogen) atoms. The normalized spacial score (nSPS) is 49.8. The molecule has 4 saturated carbocycles. The van der Waals surface area contributed by atoms with Gasteiger partial charge in [0.1, 0.15) is 11.4 Å². The first-order chi connectivity index (χ1) is 13.1. The fraction of sp³-hybridized carbons (Fsp3) is 0.808. The predicted octanol–water partition coefficient (Wildman–Crippen LogP) is 5.54. The molecule has 4 aliphatic carbocycles. The number of aliphatic hydroxyl groups is 1. The van der Waals surface area contributed by atoms with Crippen molar-refractivity contribution in [2.45, 2.75) is 91.1 Å². The highest BCUT2D eigenvalue weighted by molar-refractivity contribution is 5.79. The lowest BCUT2D eigenvalue weighted by Gasteiger charge is -2.61. The van der Waals surface area contributed by atoms with Gasteiger partial charge in [0, 0.05) is 5.92 Å². The van der Waals surface area contributed by atoms with E-state index in [1.807, 2.05) is 13.8 Å². The average molecular weight is 383 g/mol. The van der Waals surface area contributed by atoms with Gasteiger partial charge in [-0.05, 0) is 112 Å². The number of hydrogen-bond acceptors (Lipinski definition) is 2. The number of carbonyl (C=O) groups excluding carboxylic acids is 1. The maximum atomic E-state index is 12.3. The molecule has 4 aliphatic rings. The smallest absolute Gasteiger partial charge is 0.133 e. The first kappa shape index (κ1) is 20.2. The van der Waals surface area contributed by atoms with E-state index in [1.165, 1.54) is 32.1 Å². The molecule has 2 nitrogen and oxygen atoms in total. The van der Waals surface area contributed by atoms with E-state index in [0.717, 1.165) is 49.0 Å². The summed E-state index contributed by atoms with van der Waals surface area (Å²) in [6.07, 6.45) is 10.0. The highest BCUT2D eigenvalue weighted by atomic mass is 16.3. The molecule has 4 fully saturated rings. The highest BCUT2D eigenvalue weighted by Crippen LogP contribution is 2.68. The van der Waals surface area contributed by atoms with E-state index in [4.69, 9.17) is 0 Å². The van der Waals surface area contributed by atoms with Crippen LogP contribution in [0.3, 0.4) is 0 Å². The zero-order valence-electron chi connectivity index (χ0n) is 18.3. The molecule has 2 heteroatoms. The molecule has 0 aliphatic heterocycles. The summed E-state index contributed by atoms with van der Waals surface area (Å²) in [6.45, 7) is 12.5. The number of fused-ring (bicyclic) bond motifs is 5. The summed E-state index contributed by atoms with van der Waals surface area (Å²) in [5.41, 5.74) is 0.568. The van der Waals surface area contributed by atoms with Crippen molar-refractivity contribution in [1.29, 1.82) is 0 Å². The molecule has 0 saturated heterocycles. The monoisotopic (exact) mass is 382 g/mol. The lowest BCUT2D eigenvalue weighted by atomic mass is 9.44. The minimum Gasteiger partial charge on any atom is -0.378 e. The van der Waals surface area contributed by atoms with E-state index < -0.39 is 5.60 Å². The van der Waals surface area contributed by atoms with Crippen LogP contribution in [0.5, 0.6) is 0 Å². The maximum absolute atomic E-state index is 12.3. The lowest BCUT2D eigenvalue weighted by Crippen LogP contribution is -2.56. The van der Waals surface area contributed by atoms with E-state index >= 15 is 0 Å². The fourth-order valence-corrected chi connectivity index (χ4v) is 8.25. The summed E-state index contributed by atoms with van der Waals surface area (Å²) in [5, 5.41) is 11.1. The third-order valence-corrected chi connectivity index (χ3v) is 9.73. The quantitative estimate of drug-likeness (QED) is 0.604. The summed E-state index contributed by atoms with van der Waals surface area (Å²) in [6, 6.07) is 0. The Bertz CT molecular complexity index is 741. The van der Waals surface area contributed by atoms with E-state index in [-0.39, 0.29) is 11.3 Å². The van der Waals surface area contributed by atoms with Gasteiger partial charge in [-0.15, -0.1) is 0 Å². The standard InChI is InChI=1S/C26H38O2/c1-17(2)10-13-26(28)15-14-24(4)19(16-26)6-7-20-22-9-8-21(18(3)27)25(22,5)12-11-23(20)24/h19-23,28H,1,6-9,11-12,14-16H2,2-5H3/t19?,20-,21+,22-,23-,24-,25+,26?/m0/s1. The molecule has 8 atom stereocenters. The Morgan fingerprint density at radius 3 is 2.36 bits per heavy atom. The molecule has 1 N–H and O–H groups in total. The number of rotatable bonds is 1. The molecule has 0 heterocycles. The molecular weight excluding hydrogens is 344 g/mol. The van der Waals surface area contributed by atoms with Gasteiger partial charge in [0.15, 0.2) is 0 Å². The molecule has 154 valence electrons. The van der Waals surface area contributed by atoms with Gasteiger partial charge in [0.25, 0.3) is 0 Å². The molecule has 0 amide bonds. The molecule has 0 spiro atoms. The molecule has 0 aromatic carbocycles. The largest absolute Gasteiger partial charge is 0.378 e. The Hall–Kier alpha value is -1.07. The first-order valence-corrected chi connectivity index (χ1v) is 11.5. The summed E-state index contributed by atoms with van der Waals surface area (Å²) in [4.78, 5) is 12.3. The third-order valence-electron chi connectivity index (χ3n) is 9.73. The average Bonchev–Trinajstić information content (AvgIpc) is 2.98. The predicted molar refractivity (Wildman–Crippen MR) is 113 cm³/mol. The van der Waals surface area contributed by atoms with Gasteiger partial charge in [0.2, 0.25) is 0 Å². The number of ketones is 1. The van der Waals surface area contributed by atoms with Crippen LogP contribution in [0.4, 0.5) is 0 Å². The highest BCUT2D eigenvalue weighted by Gasteiger charge is 2.61. The zero-order chi connectivity index (χ0) is 20.3. The Balaban J connectivity index is 1.56. The van der Waals surface area contributed by atoms with Crippen LogP contribution < -0.4 is 0 Å². The van der Waals surface area contributed by atoms with Crippen molar-refractivity contribution < 1.29 is 9.90 Å². The number of carbonyl (C=O) groups is 1. The molecule has 2 unspecified atom stereocenters. The zero-order valence-corrected chi connectivity index (χ0v) is 18.3. The van der Waals surface area contributed by atoms with Gasteiger partial charge >= 0.3 is 0 Å². The maximum Gasteiger partial charge on any atom is 0.133 e. The minimum absolute atomic E-state index is 0.235. The summed E-state index contributed by atoms with van der Waals surface area (Å²) >= 11 is 0. The van der Waals surface area contributed by atoms with Crippen LogP contribution in [-0.4, -0.2) is 16.5 Å². The molecule has 0 bridgehead atoms. The van der Waals surface area contributed by atoms with Crippen molar-refractivity contribution in [2.75, 3.05) is 0 Å². The first-order valence-electron chi connectivity index (χ1n) is 11.5. The second-order valence-corrected chi connectivity index (χ2v) is 11.2. The fourth-order valence-electron chi connectivity index (χ4n) is 8.25. The van der Waals surface area contributed by atoms with E-state index in [2.05, 4.69) is 32.3 Å².